The fraction of sp³-hybridized carbons (Fsp3) is 0.316. The highest BCUT2D eigenvalue weighted by Crippen LogP contribution is 2.17. The number of amides is 1. The minimum Gasteiger partial charge on any atom is -0.491 e. The van der Waals surface area contributed by atoms with Crippen molar-refractivity contribution >= 4 is 5.91 Å². The van der Waals surface area contributed by atoms with Crippen molar-refractivity contribution in [1.82, 2.24) is 5.32 Å². The maximum absolute atomic E-state index is 11.9. The normalized spacial score (nSPS) is 11.6. The molecule has 23 heavy (non-hydrogen) atoms. The summed E-state index contributed by atoms with van der Waals surface area (Å²) < 4.78 is 11.3. The summed E-state index contributed by atoms with van der Waals surface area (Å²) in [4.78, 5) is 11.9. The first kappa shape index (κ1) is 16.9. The molecule has 0 spiro atoms. The summed E-state index contributed by atoms with van der Waals surface area (Å²) in [5.41, 5.74) is 2.09. The van der Waals surface area contributed by atoms with Crippen LogP contribution in [0.4, 0.5) is 0 Å². The Morgan fingerprint density at radius 3 is 2.04 bits per heavy atom. The number of carbonyl (C=O) groups is 1. The number of hydrogen-bond donors (Lipinski definition) is 1. The van der Waals surface area contributed by atoms with E-state index < -0.39 is 0 Å². The molecule has 0 aliphatic rings. The molecule has 122 valence electrons. The molecule has 0 heterocycles. The highest BCUT2D eigenvalue weighted by atomic mass is 16.5. The number of hydrogen-bond acceptors (Lipinski definition) is 3. The first-order valence-electron chi connectivity index (χ1n) is 7.72. The zero-order valence-corrected chi connectivity index (χ0v) is 13.8. The maximum Gasteiger partial charge on any atom is 0.258 e. The number of ether oxygens (including phenoxy) is 2. The Bertz CT molecular complexity index is 655. The summed E-state index contributed by atoms with van der Waals surface area (Å²) in [5.74, 6) is 1.41. The van der Waals surface area contributed by atoms with E-state index in [4.69, 9.17) is 9.47 Å². The van der Waals surface area contributed by atoms with Crippen LogP contribution in [-0.4, -0.2) is 25.2 Å². The van der Waals surface area contributed by atoms with Crippen molar-refractivity contribution in [2.45, 2.75) is 26.8 Å². The topological polar surface area (TPSA) is 47.6 Å². The molecule has 4 heteroatoms. The van der Waals surface area contributed by atoms with E-state index in [0.717, 1.165) is 22.6 Å². The molecule has 2 aromatic rings. The molecule has 0 radical (unpaired) electrons. The van der Waals surface area contributed by atoms with Gasteiger partial charge in [0.2, 0.25) is 0 Å². The zero-order valence-electron chi connectivity index (χ0n) is 13.8. The Labute approximate surface area is 137 Å². The molecule has 1 atom stereocenters. The van der Waals surface area contributed by atoms with Crippen LogP contribution in [0.3, 0.4) is 0 Å². The lowest BCUT2D eigenvalue weighted by molar-refractivity contribution is -0.123. The summed E-state index contributed by atoms with van der Waals surface area (Å²) in [6.45, 7) is 6.27. The van der Waals surface area contributed by atoms with E-state index >= 15 is 0 Å². The van der Waals surface area contributed by atoms with Crippen LogP contribution in [0.15, 0.2) is 48.5 Å². The lowest BCUT2D eigenvalue weighted by Gasteiger charge is -2.16. The molecule has 0 fully saturated rings. The van der Waals surface area contributed by atoms with Gasteiger partial charge in [-0.15, -0.1) is 0 Å². The Balaban J connectivity index is 1.74. The summed E-state index contributed by atoms with van der Waals surface area (Å²) in [6, 6.07) is 15.4. The molecular formula is C19H23NO3. The molecule has 0 aromatic heterocycles. The number of para-hydroxylation sites is 2. The minimum atomic E-state index is -0.158. The molecular weight excluding hydrogens is 290 g/mol. The van der Waals surface area contributed by atoms with Gasteiger partial charge in [-0.1, -0.05) is 36.4 Å². The number of aryl methyl sites for hydroxylation is 2. The molecule has 1 amide bonds. The number of carbonyl (C=O) groups excluding carboxylic acids is 1. The Kier molecular flexibility index (Phi) is 6.03. The number of benzene rings is 2. The van der Waals surface area contributed by atoms with Crippen molar-refractivity contribution < 1.29 is 14.3 Å². The molecule has 0 saturated carbocycles. The third kappa shape index (κ3) is 5.33. The van der Waals surface area contributed by atoms with Gasteiger partial charge in [-0.25, -0.2) is 0 Å². The second kappa shape index (κ2) is 8.22. The minimum absolute atomic E-state index is 0.000438. The van der Waals surface area contributed by atoms with Gasteiger partial charge in [0.05, 0.1) is 6.04 Å². The van der Waals surface area contributed by atoms with Crippen molar-refractivity contribution in [3.63, 3.8) is 0 Å². The van der Waals surface area contributed by atoms with Crippen LogP contribution in [-0.2, 0) is 4.79 Å². The van der Waals surface area contributed by atoms with Gasteiger partial charge in [-0.2, -0.15) is 0 Å². The fourth-order valence-corrected chi connectivity index (χ4v) is 2.15. The average Bonchev–Trinajstić information content (AvgIpc) is 2.53. The number of nitrogens with one attached hydrogen (secondary N) is 1. The quantitative estimate of drug-likeness (QED) is 0.853. The Morgan fingerprint density at radius 1 is 0.957 bits per heavy atom. The standard InChI is InChI=1S/C19H23NO3/c1-14-8-4-6-10-17(14)22-12-16(3)20-19(21)13-23-18-11-7-5-9-15(18)2/h4-11,16H,12-13H2,1-3H3,(H,20,21)/t16-/m0/s1. The lowest BCUT2D eigenvalue weighted by Crippen LogP contribution is -2.39. The SMILES string of the molecule is Cc1ccccc1OCC(=O)N[C@@H](C)COc1ccccc1C. The third-order valence-electron chi connectivity index (χ3n) is 3.44. The van der Waals surface area contributed by atoms with Crippen LogP contribution in [0.25, 0.3) is 0 Å². The highest BCUT2D eigenvalue weighted by Gasteiger charge is 2.10. The second-order valence-corrected chi connectivity index (χ2v) is 5.60. The summed E-state index contributed by atoms with van der Waals surface area (Å²) in [7, 11) is 0. The van der Waals surface area contributed by atoms with Crippen molar-refractivity contribution in [2.24, 2.45) is 0 Å². The van der Waals surface area contributed by atoms with Gasteiger partial charge in [0.1, 0.15) is 18.1 Å². The first-order valence-corrected chi connectivity index (χ1v) is 7.72. The van der Waals surface area contributed by atoms with Gasteiger partial charge in [-0.05, 0) is 44.0 Å². The van der Waals surface area contributed by atoms with E-state index in [9.17, 15) is 4.79 Å². The molecule has 2 aromatic carbocycles. The van der Waals surface area contributed by atoms with E-state index in [0.29, 0.717) is 6.61 Å². The Hall–Kier alpha value is -2.49. The molecule has 4 nitrogen and oxygen atoms in total. The monoisotopic (exact) mass is 313 g/mol. The molecule has 0 unspecified atom stereocenters. The lowest BCUT2D eigenvalue weighted by atomic mass is 10.2. The largest absolute Gasteiger partial charge is 0.491 e. The van der Waals surface area contributed by atoms with Crippen molar-refractivity contribution in [2.75, 3.05) is 13.2 Å². The summed E-state index contributed by atoms with van der Waals surface area (Å²) in [6.07, 6.45) is 0. The van der Waals surface area contributed by atoms with E-state index in [1.165, 1.54) is 0 Å². The molecule has 0 saturated heterocycles. The first-order chi connectivity index (χ1) is 11.1. The van der Waals surface area contributed by atoms with E-state index in [-0.39, 0.29) is 18.6 Å². The highest BCUT2D eigenvalue weighted by molar-refractivity contribution is 5.77. The van der Waals surface area contributed by atoms with Gasteiger partial charge >= 0.3 is 0 Å². The van der Waals surface area contributed by atoms with Crippen LogP contribution in [0.1, 0.15) is 18.1 Å². The second-order valence-electron chi connectivity index (χ2n) is 5.60. The molecule has 2 rings (SSSR count). The van der Waals surface area contributed by atoms with E-state index in [1.807, 2.05) is 69.3 Å². The third-order valence-corrected chi connectivity index (χ3v) is 3.44. The molecule has 1 N–H and O–H groups in total. The average molecular weight is 313 g/mol. The Morgan fingerprint density at radius 2 is 1.48 bits per heavy atom. The van der Waals surface area contributed by atoms with Crippen molar-refractivity contribution in [3.8, 4) is 11.5 Å². The molecule has 0 aliphatic heterocycles. The summed E-state index contributed by atoms with van der Waals surface area (Å²) in [5, 5.41) is 2.87. The van der Waals surface area contributed by atoms with Gasteiger partial charge in [-0.3, -0.25) is 4.79 Å². The molecule has 0 aliphatic carbocycles. The van der Waals surface area contributed by atoms with Crippen molar-refractivity contribution in [3.05, 3.63) is 59.7 Å². The predicted octanol–water partition coefficient (Wildman–Crippen LogP) is 3.27. The van der Waals surface area contributed by atoms with E-state index in [1.54, 1.807) is 0 Å². The van der Waals surface area contributed by atoms with Gasteiger partial charge in [0.15, 0.2) is 6.61 Å². The van der Waals surface area contributed by atoms with Crippen molar-refractivity contribution in [1.29, 1.82) is 0 Å². The maximum atomic E-state index is 11.9. The van der Waals surface area contributed by atoms with E-state index in [2.05, 4.69) is 5.32 Å². The molecule has 0 bridgehead atoms. The predicted molar refractivity (Wildman–Crippen MR) is 91.0 cm³/mol. The van der Waals surface area contributed by atoms with Crippen LogP contribution in [0.2, 0.25) is 0 Å². The van der Waals surface area contributed by atoms with Crippen LogP contribution in [0.5, 0.6) is 11.5 Å². The zero-order chi connectivity index (χ0) is 16.7. The van der Waals surface area contributed by atoms with Crippen LogP contribution in [0, 0.1) is 13.8 Å². The van der Waals surface area contributed by atoms with Gasteiger partial charge in [0.25, 0.3) is 5.91 Å². The smallest absolute Gasteiger partial charge is 0.258 e. The van der Waals surface area contributed by atoms with Crippen LogP contribution < -0.4 is 14.8 Å². The fourth-order valence-electron chi connectivity index (χ4n) is 2.15. The van der Waals surface area contributed by atoms with Crippen LogP contribution >= 0.6 is 0 Å². The number of rotatable bonds is 7. The van der Waals surface area contributed by atoms with Gasteiger partial charge < -0.3 is 14.8 Å². The summed E-state index contributed by atoms with van der Waals surface area (Å²) >= 11 is 0. The van der Waals surface area contributed by atoms with Gasteiger partial charge in [0, 0.05) is 0 Å².